The standard InChI is InChI=1S/C16H26O3Si/c1-5-20(6-2,7-3)19-15(16(17)18)13(4)14-11-9-8-10-12-14/h8-13,15H,5-7H2,1-4H3,(H,17,18). The number of rotatable bonds is 8. The summed E-state index contributed by atoms with van der Waals surface area (Å²) in [6.45, 7) is 8.29. The molecule has 0 spiro atoms. The molecule has 4 heteroatoms. The fourth-order valence-corrected chi connectivity index (χ4v) is 5.41. The van der Waals surface area contributed by atoms with Crippen molar-refractivity contribution in [3.63, 3.8) is 0 Å². The van der Waals surface area contributed by atoms with Crippen LogP contribution in [0.25, 0.3) is 0 Å². The van der Waals surface area contributed by atoms with Gasteiger partial charge in [-0.3, -0.25) is 0 Å². The zero-order chi connectivity index (χ0) is 15.2. The SMILES string of the molecule is CC[Si](CC)(CC)OC(C(=O)O)C(C)c1ccccc1. The van der Waals surface area contributed by atoms with Gasteiger partial charge in [0.2, 0.25) is 0 Å². The quantitative estimate of drug-likeness (QED) is 0.728. The maximum Gasteiger partial charge on any atom is 0.332 e. The van der Waals surface area contributed by atoms with E-state index in [1.807, 2.05) is 37.3 Å². The van der Waals surface area contributed by atoms with Gasteiger partial charge in [-0.15, -0.1) is 0 Å². The first-order chi connectivity index (χ1) is 9.49. The third kappa shape index (κ3) is 3.93. The second kappa shape index (κ2) is 7.60. The Kier molecular flexibility index (Phi) is 6.43. The smallest absolute Gasteiger partial charge is 0.332 e. The Balaban J connectivity index is 2.98. The van der Waals surface area contributed by atoms with Gasteiger partial charge in [0.25, 0.3) is 0 Å². The fraction of sp³-hybridized carbons (Fsp3) is 0.562. The van der Waals surface area contributed by atoms with Crippen LogP contribution in [0.15, 0.2) is 30.3 Å². The number of carboxylic acids is 1. The van der Waals surface area contributed by atoms with E-state index >= 15 is 0 Å². The highest BCUT2D eigenvalue weighted by atomic mass is 28.4. The van der Waals surface area contributed by atoms with Crippen LogP contribution in [0.4, 0.5) is 0 Å². The summed E-state index contributed by atoms with van der Waals surface area (Å²) < 4.78 is 6.20. The first kappa shape index (κ1) is 16.9. The average molecular weight is 294 g/mol. The van der Waals surface area contributed by atoms with E-state index in [2.05, 4.69) is 20.8 Å². The average Bonchev–Trinajstić information content (AvgIpc) is 2.49. The van der Waals surface area contributed by atoms with Crippen LogP contribution in [0, 0.1) is 0 Å². The van der Waals surface area contributed by atoms with Gasteiger partial charge in [0.05, 0.1) is 0 Å². The molecule has 2 atom stereocenters. The van der Waals surface area contributed by atoms with Gasteiger partial charge in [-0.05, 0) is 23.7 Å². The van der Waals surface area contributed by atoms with Gasteiger partial charge in [-0.25, -0.2) is 4.79 Å². The van der Waals surface area contributed by atoms with E-state index in [9.17, 15) is 9.90 Å². The normalized spacial score (nSPS) is 14.8. The van der Waals surface area contributed by atoms with Crippen molar-refractivity contribution < 1.29 is 14.3 Å². The summed E-state index contributed by atoms with van der Waals surface area (Å²) in [6, 6.07) is 12.6. The molecule has 1 aromatic rings. The van der Waals surface area contributed by atoms with Crippen molar-refractivity contribution in [1.82, 2.24) is 0 Å². The van der Waals surface area contributed by atoms with E-state index < -0.39 is 20.4 Å². The van der Waals surface area contributed by atoms with Gasteiger partial charge >= 0.3 is 5.97 Å². The molecule has 20 heavy (non-hydrogen) atoms. The molecule has 0 aliphatic rings. The minimum absolute atomic E-state index is 0.134. The van der Waals surface area contributed by atoms with Crippen LogP contribution in [0.3, 0.4) is 0 Å². The maximum atomic E-state index is 11.6. The molecule has 1 aromatic carbocycles. The predicted octanol–water partition coefficient (Wildman–Crippen LogP) is 4.27. The summed E-state index contributed by atoms with van der Waals surface area (Å²) in [7, 11) is -1.92. The summed E-state index contributed by atoms with van der Waals surface area (Å²) in [5.41, 5.74) is 1.02. The molecule has 0 amide bonds. The number of aliphatic carboxylic acids is 1. The minimum Gasteiger partial charge on any atom is -0.479 e. The van der Waals surface area contributed by atoms with Crippen LogP contribution >= 0.6 is 0 Å². The molecule has 0 heterocycles. The lowest BCUT2D eigenvalue weighted by molar-refractivity contribution is -0.146. The molecule has 112 valence electrons. The molecule has 1 rings (SSSR count). The zero-order valence-corrected chi connectivity index (χ0v) is 13.9. The summed E-state index contributed by atoms with van der Waals surface area (Å²) in [4.78, 5) is 11.6. The van der Waals surface area contributed by atoms with Crippen LogP contribution < -0.4 is 0 Å². The maximum absolute atomic E-state index is 11.6. The van der Waals surface area contributed by atoms with Gasteiger partial charge in [-0.1, -0.05) is 58.0 Å². The molecule has 0 radical (unpaired) electrons. The Hall–Kier alpha value is -1.13. The van der Waals surface area contributed by atoms with Gasteiger partial charge < -0.3 is 9.53 Å². The second-order valence-corrected chi connectivity index (χ2v) is 10.0. The number of benzene rings is 1. The van der Waals surface area contributed by atoms with Crippen LogP contribution in [-0.2, 0) is 9.22 Å². The van der Waals surface area contributed by atoms with Crippen molar-refractivity contribution in [2.45, 2.75) is 57.8 Å². The Bertz CT molecular complexity index is 407. The Morgan fingerprint density at radius 3 is 2.05 bits per heavy atom. The van der Waals surface area contributed by atoms with Crippen molar-refractivity contribution in [2.75, 3.05) is 0 Å². The third-order valence-electron chi connectivity index (χ3n) is 4.33. The number of hydrogen-bond donors (Lipinski definition) is 1. The zero-order valence-electron chi connectivity index (χ0n) is 12.9. The molecule has 0 bridgehead atoms. The molecule has 0 saturated carbocycles. The van der Waals surface area contributed by atoms with E-state index in [0.29, 0.717) is 0 Å². The minimum atomic E-state index is -1.92. The number of carbonyl (C=O) groups is 1. The Morgan fingerprint density at radius 2 is 1.65 bits per heavy atom. The molecule has 2 unspecified atom stereocenters. The highest BCUT2D eigenvalue weighted by Crippen LogP contribution is 2.29. The summed E-state index contributed by atoms with van der Waals surface area (Å²) in [5, 5.41) is 9.55. The Labute approximate surface area is 123 Å². The molecule has 0 fully saturated rings. The summed E-state index contributed by atoms with van der Waals surface area (Å²) in [5.74, 6) is -0.987. The molecule has 3 nitrogen and oxygen atoms in total. The van der Waals surface area contributed by atoms with Crippen LogP contribution in [0.1, 0.15) is 39.2 Å². The van der Waals surface area contributed by atoms with E-state index in [-0.39, 0.29) is 5.92 Å². The first-order valence-electron chi connectivity index (χ1n) is 7.45. The molecular weight excluding hydrogens is 268 g/mol. The Morgan fingerprint density at radius 1 is 1.15 bits per heavy atom. The van der Waals surface area contributed by atoms with Crippen LogP contribution in [-0.4, -0.2) is 25.5 Å². The van der Waals surface area contributed by atoms with Crippen molar-refractivity contribution in [2.24, 2.45) is 0 Å². The lowest BCUT2D eigenvalue weighted by Gasteiger charge is -2.34. The molecule has 0 aromatic heterocycles. The number of carboxylic acid groups (broad SMARTS) is 1. The third-order valence-corrected chi connectivity index (χ3v) is 8.95. The van der Waals surface area contributed by atoms with Gasteiger partial charge in [-0.2, -0.15) is 0 Å². The van der Waals surface area contributed by atoms with Gasteiger partial charge in [0, 0.05) is 5.92 Å². The molecule has 1 N–H and O–H groups in total. The lowest BCUT2D eigenvalue weighted by atomic mass is 9.96. The fourth-order valence-electron chi connectivity index (χ4n) is 2.57. The topological polar surface area (TPSA) is 46.5 Å². The van der Waals surface area contributed by atoms with Crippen molar-refractivity contribution in [1.29, 1.82) is 0 Å². The first-order valence-corrected chi connectivity index (χ1v) is 9.98. The molecule has 0 aliphatic heterocycles. The van der Waals surface area contributed by atoms with Crippen LogP contribution in [0.5, 0.6) is 0 Å². The molecule has 0 aliphatic carbocycles. The van der Waals surface area contributed by atoms with E-state index in [4.69, 9.17) is 4.43 Å². The van der Waals surface area contributed by atoms with Gasteiger partial charge in [0.15, 0.2) is 8.32 Å². The van der Waals surface area contributed by atoms with Crippen molar-refractivity contribution in [3.05, 3.63) is 35.9 Å². The predicted molar refractivity (Wildman–Crippen MR) is 84.6 cm³/mol. The van der Waals surface area contributed by atoms with Crippen LogP contribution in [0.2, 0.25) is 18.1 Å². The van der Waals surface area contributed by atoms with E-state index in [1.165, 1.54) is 0 Å². The number of hydrogen-bond acceptors (Lipinski definition) is 2. The van der Waals surface area contributed by atoms with Crippen molar-refractivity contribution in [3.8, 4) is 0 Å². The highest BCUT2D eigenvalue weighted by Gasteiger charge is 2.37. The summed E-state index contributed by atoms with van der Waals surface area (Å²) >= 11 is 0. The monoisotopic (exact) mass is 294 g/mol. The van der Waals surface area contributed by atoms with Gasteiger partial charge in [0.1, 0.15) is 6.10 Å². The second-order valence-electron chi connectivity index (χ2n) is 5.32. The molecule has 0 saturated heterocycles. The van der Waals surface area contributed by atoms with E-state index in [1.54, 1.807) is 0 Å². The molecular formula is C16H26O3Si. The lowest BCUT2D eigenvalue weighted by Crippen LogP contribution is -2.44. The van der Waals surface area contributed by atoms with Crippen molar-refractivity contribution >= 4 is 14.3 Å². The largest absolute Gasteiger partial charge is 0.479 e. The summed E-state index contributed by atoms with van der Waals surface area (Å²) in [6.07, 6.45) is -0.746. The van der Waals surface area contributed by atoms with E-state index in [0.717, 1.165) is 23.7 Å². The highest BCUT2D eigenvalue weighted by molar-refractivity contribution is 6.73.